The molecule has 1 aromatic rings. The van der Waals surface area contributed by atoms with E-state index >= 15 is 0 Å². The normalized spacial score (nSPS) is 22.1. The Hall–Kier alpha value is -2.08. The summed E-state index contributed by atoms with van der Waals surface area (Å²) >= 11 is 0. The van der Waals surface area contributed by atoms with Gasteiger partial charge >= 0.3 is 0 Å². The highest BCUT2D eigenvalue weighted by Crippen LogP contribution is 2.32. The van der Waals surface area contributed by atoms with Crippen LogP contribution in [0.15, 0.2) is 24.3 Å². The molecule has 6 heteroatoms. The second kappa shape index (κ2) is 7.87. The topological polar surface area (TPSA) is 75.9 Å². The van der Waals surface area contributed by atoms with E-state index in [-0.39, 0.29) is 23.8 Å². The molecule has 2 heterocycles. The number of hydrogen-bond donors (Lipinski definition) is 1. The molecule has 136 valence electrons. The third-order valence-electron chi connectivity index (χ3n) is 5.45. The molecule has 2 aliphatic rings. The number of amides is 2. The van der Waals surface area contributed by atoms with Crippen LogP contribution >= 0.6 is 0 Å². The van der Waals surface area contributed by atoms with Gasteiger partial charge in [0.05, 0.1) is 13.7 Å². The number of likely N-dealkylation sites (tertiary alicyclic amines) is 2. The number of piperidine rings is 1. The Bertz CT molecular complexity index is 609. The van der Waals surface area contributed by atoms with Crippen molar-refractivity contribution in [1.82, 2.24) is 9.80 Å². The largest absolute Gasteiger partial charge is 0.497 e. The minimum Gasteiger partial charge on any atom is -0.497 e. The summed E-state index contributed by atoms with van der Waals surface area (Å²) in [5, 5.41) is 0. The summed E-state index contributed by atoms with van der Waals surface area (Å²) in [6, 6.07) is 8.41. The molecule has 1 unspecified atom stereocenters. The van der Waals surface area contributed by atoms with Crippen molar-refractivity contribution in [2.24, 2.45) is 11.7 Å². The fourth-order valence-electron chi connectivity index (χ4n) is 3.91. The Morgan fingerprint density at radius 2 is 1.80 bits per heavy atom. The fourth-order valence-corrected chi connectivity index (χ4v) is 3.91. The Kier molecular flexibility index (Phi) is 5.58. The summed E-state index contributed by atoms with van der Waals surface area (Å²) in [6.07, 6.45) is 3.54. The molecule has 25 heavy (non-hydrogen) atoms. The van der Waals surface area contributed by atoms with Crippen LogP contribution in [0, 0.1) is 5.92 Å². The molecule has 0 aliphatic carbocycles. The van der Waals surface area contributed by atoms with Gasteiger partial charge in [0, 0.05) is 25.0 Å². The lowest BCUT2D eigenvalue weighted by atomic mass is 9.96. The maximum Gasteiger partial charge on any atom is 0.236 e. The molecule has 2 fully saturated rings. The number of carbonyl (C=O) groups excluding carboxylic acids is 2. The highest BCUT2D eigenvalue weighted by molar-refractivity contribution is 5.80. The van der Waals surface area contributed by atoms with Gasteiger partial charge in [-0.05, 0) is 49.9 Å². The minimum absolute atomic E-state index is 0.0807. The van der Waals surface area contributed by atoms with Gasteiger partial charge in [0.1, 0.15) is 5.75 Å². The van der Waals surface area contributed by atoms with Crippen LogP contribution in [-0.2, 0) is 9.59 Å². The monoisotopic (exact) mass is 345 g/mol. The summed E-state index contributed by atoms with van der Waals surface area (Å²) in [6.45, 7) is 2.65. The SMILES string of the molecule is COc1ccc(C2CCCN2CC(=O)N2CCC(C(N)=O)CC2)cc1. The summed E-state index contributed by atoms with van der Waals surface area (Å²) in [4.78, 5) is 28.1. The zero-order chi connectivity index (χ0) is 17.8. The third-order valence-corrected chi connectivity index (χ3v) is 5.45. The predicted molar refractivity (Wildman–Crippen MR) is 95.0 cm³/mol. The molecule has 1 atom stereocenters. The zero-order valence-corrected chi connectivity index (χ0v) is 14.8. The summed E-state index contributed by atoms with van der Waals surface area (Å²) < 4.78 is 5.22. The molecule has 2 N–H and O–H groups in total. The molecule has 0 saturated carbocycles. The van der Waals surface area contributed by atoms with E-state index in [1.807, 2.05) is 17.0 Å². The first-order chi connectivity index (χ1) is 12.1. The molecule has 3 rings (SSSR count). The average molecular weight is 345 g/mol. The Morgan fingerprint density at radius 1 is 1.12 bits per heavy atom. The molecule has 0 bridgehead atoms. The first kappa shape index (κ1) is 17.7. The van der Waals surface area contributed by atoms with Gasteiger partial charge in [0.2, 0.25) is 11.8 Å². The van der Waals surface area contributed by atoms with Crippen molar-refractivity contribution >= 4 is 11.8 Å². The highest BCUT2D eigenvalue weighted by Gasteiger charge is 2.31. The van der Waals surface area contributed by atoms with E-state index in [0.29, 0.717) is 32.5 Å². The lowest BCUT2D eigenvalue weighted by Gasteiger charge is -2.33. The number of methoxy groups -OCH3 is 1. The number of primary amides is 1. The van der Waals surface area contributed by atoms with Crippen LogP contribution in [0.1, 0.15) is 37.3 Å². The Balaban J connectivity index is 1.57. The number of nitrogens with two attached hydrogens (primary N) is 1. The molecule has 2 amide bonds. The summed E-state index contributed by atoms with van der Waals surface area (Å²) in [5.74, 6) is 0.680. The quantitative estimate of drug-likeness (QED) is 0.879. The van der Waals surface area contributed by atoms with Gasteiger partial charge in [-0.1, -0.05) is 12.1 Å². The van der Waals surface area contributed by atoms with Crippen molar-refractivity contribution in [3.63, 3.8) is 0 Å². The number of nitrogens with zero attached hydrogens (tertiary/aromatic N) is 2. The van der Waals surface area contributed by atoms with Gasteiger partial charge < -0.3 is 15.4 Å². The minimum atomic E-state index is -0.244. The first-order valence-electron chi connectivity index (χ1n) is 9.03. The number of hydrogen-bond acceptors (Lipinski definition) is 4. The van der Waals surface area contributed by atoms with Gasteiger partial charge in [-0.2, -0.15) is 0 Å². The maximum atomic E-state index is 12.7. The van der Waals surface area contributed by atoms with Gasteiger partial charge in [-0.15, -0.1) is 0 Å². The summed E-state index contributed by atoms with van der Waals surface area (Å²) in [7, 11) is 1.66. The highest BCUT2D eigenvalue weighted by atomic mass is 16.5. The van der Waals surface area contributed by atoms with E-state index < -0.39 is 0 Å². The van der Waals surface area contributed by atoms with Gasteiger partial charge in [0.25, 0.3) is 0 Å². The van der Waals surface area contributed by atoms with E-state index in [1.165, 1.54) is 5.56 Å². The standard InChI is InChI=1S/C19H27N3O3/c1-25-16-6-4-14(5-7-16)17-3-2-10-22(17)13-18(23)21-11-8-15(9-12-21)19(20)24/h4-7,15,17H,2-3,8-13H2,1H3,(H2,20,24). The molecule has 0 spiro atoms. The molecule has 1 aromatic carbocycles. The average Bonchev–Trinajstić information content (AvgIpc) is 3.10. The Labute approximate surface area is 148 Å². The van der Waals surface area contributed by atoms with Crippen LogP contribution in [0.5, 0.6) is 5.75 Å². The van der Waals surface area contributed by atoms with Crippen molar-refractivity contribution in [3.8, 4) is 5.75 Å². The van der Waals surface area contributed by atoms with E-state index in [4.69, 9.17) is 10.5 Å². The predicted octanol–water partition coefficient (Wildman–Crippen LogP) is 1.56. The van der Waals surface area contributed by atoms with Crippen LogP contribution in [0.2, 0.25) is 0 Å². The number of rotatable bonds is 5. The molecule has 2 saturated heterocycles. The van der Waals surface area contributed by atoms with Crippen LogP contribution in [0.25, 0.3) is 0 Å². The number of benzene rings is 1. The van der Waals surface area contributed by atoms with Crippen molar-refractivity contribution in [2.75, 3.05) is 33.3 Å². The van der Waals surface area contributed by atoms with Gasteiger partial charge in [-0.25, -0.2) is 0 Å². The Morgan fingerprint density at radius 3 is 2.40 bits per heavy atom. The van der Waals surface area contributed by atoms with Crippen LogP contribution in [-0.4, -0.2) is 54.9 Å². The van der Waals surface area contributed by atoms with Gasteiger partial charge in [-0.3, -0.25) is 14.5 Å². The van der Waals surface area contributed by atoms with Crippen molar-refractivity contribution in [2.45, 2.75) is 31.7 Å². The van der Waals surface area contributed by atoms with Gasteiger partial charge in [0.15, 0.2) is 0 Å². The number of carbonyl (C=O) groups is 2. The van der Waals surface area contributed by atoms with Crippen LogP contribution < -0.4 is 10.5 Å². The van der Waals surface area contributed by atoms with Crippen molar-refractivity contribution in [1.29, 1.82) is 0 Å². The number of ether oxygens (including phenoxy) is 1. The third kappa shape index (κ3) is 4.12. The smallest absolute Gasteiger partial charge is 0.236 e. The molecule has 0 aromatic heterocycles. The maximum absolute atomic E-state index is 12.7. The van der Waals surface area contributed by atoms with E-state index in [9.17, 15) is 9.59 Å². The zero-order valence-electron chi connectivity index (χ0n) is 14.8. The van der Waals surface area contributed by atoms with E-state index in [2.05, 4.69) is 17.0 Å². The summed E-state index contributed by atoms with van der Waals surface area (Å²) in [5.41, 5.74) is 6.60. The lowest BCUT2D eigenvalue weighted by molar-refractivity contribution is -0.136. The molecule has 6 nitrogen and oxygen atoms in total. The van der Waals surface area contributed by atoms with E-state index in [0.717, 1.165) is 25.1 Å². The molecular weight excluding hydrogens is 318 g/mol. The lowest BCUT2D eigenvalue weighted by Crippen LogP contribution is -2.45. The van der Waals surface area contributed by atoms with Crippen LogP contribution in [0.4, 0.5) is 0 Å². The second-order valence-corrected chi connectivity index (χ2v) is 6.96. The van der Waals surface area contributed by atoms with Crippen molar-refractivity contribution < 1.29 is 14.3 Å². The molecule has 0 radical (unpaired) electrons. The van der Waals surface area contributed by atoms with Crippen LogP contribution in [0.3, 0.4) is 0 Å². The second-order valence-electron chi connectivity index (χ2n) is 6.96. The molecule has 2 aliphatic heterocycles. The van der Waals surface area contributed by atoms with Crippen molar-refractivity contribution in [3.05, 3.63) is 29.8 Å². The van der Waals surface area contributed by atoms with E-state index in [1.54, 1.807) is 7.11 Å². The fraction of sp³-hybridized carbons (Fsp3) is 0.579. The first-order valence-corrected chi connectivity index (χ1v) is 9.03. The molecular formula is C19H27N3O3.